The lowest BCUT2D eigenvalue weighted by Crippen LogP contribution is -2.49. The average Bonchev–Trinajstić information content (AvgIpc) is 3.04. The second-order valence-corrected chi connectivity index (χ2v) is 6.08. The molecule has 0 atom stereocenters. The zero-order valence-electron chi connectivity index (χ0n) is 13.3. The number of hydrogen-bond acceptors (Lipinski definition) is 4. The maximum atomic E-state index is 12.7. The fourth-order valence-electron chi connectivity index (χ4n) is 3.23. The molecule has 1 amide bonds. The summed E-state index contributed by atoms with van der Waals surface area (Å²) in [5.74, 6) is -0.0531. The van der Waals surface area contributed by atoms with E-state index in [1.165, 1.54) is 6.33 Å². The van der Waals surface area contributed by atoms with Crippen LogP contribution in [0.3, 0.4) is 0 Å². The zero-order valence-corrected chi connectivity index (χ0v) is 13.3. The van der Waals surface area contributed by atoms with Gasteiger partial charge in [0.15, 0.2) is 0 Å². The Labute approximate surface area is 136 Å². The number of rotatable bonds is 5. The van der Waals surface area contributed by atoms with Crippen molar-refractivity contribution in [3.05, 3.63) is 48.5 Å². The summed E-state index contributed by atoms with van der Waals surface area (Å²) >= 11 is 0. The van der Waals surface area contributed by atoms with Crippen LogP contribution in [0.5, 0.6) is 0 Å². The zero-order chi connectivity index (χ0) is 16.1. The number of carbonyl (C=O) groups excluding carboxylic acids is 1. The molecule has 0 bridgehead atoms. The second kappa shape index (κ2) is 6.87. The monoisotopic (exact) mass is 311 g/mol. The molecule has 1 fully saturated rings. The topological polar surface area (TPSA) is 64.1 Å². The lowest BCUT2D eigenvalue weighted by molar-refractivity contribution is 0.0767. The fraction of sp³-hybridized carbons (Fsp3) is 0.389. The van der Waals surface area contributed by atoms with Crippen molar-refractivity contribution in [1.29, 1.82) is 0 Å². The minimum atomic E-state index is -0.225. The van der Waals surface area contributed by atoms with E-state index < -0.39 is 0 Å². The van der Waals surface area contributed by atoms with Crippen LogP contribution in [0, 0.1) is 0 Å². The second-order valence-electron chi connectivity index (χ2n) is 6.08. The lowest BCUT2D eigenvalue weighted by Gasteiger charge is -2.29. The van der Waals surface area contributed by atoms with Crippen LogP contribution in [-0.2, 0) is 4.74 Å². The van der Waals surface area contributed by atoms with Gasteiger partial charge in [0.05, 0.1) is 12.1 Å². The Kier molecular flexibility index (Phi) is 4.67. The Morgan fingerprint density at radius 2 is 1.96 bits per heavy atom. The molecule has 1 aliphatic carbocycles. The highest BCUT2D eigenvalue weighted by atomic mass is 16.5. The van der Waals surface area contributed by atoms with E-state index >= 15 is 0 Å². The Bertz CT molecular complexity index is 667. The van der Waals surface area contributed by atoms with Crippen molar-refractivity contribution in [2.24, 2.45) is 0 Å². The molecule has 1 heterocycles. The molecule has 0 aliphatic heterocycles. The van der Waals surface area contributed by atoms with Gasteiger partial charge in [-0.2, -0.15) is 0 Å². The molecule has 0 saturated heterocycles. The Balaban J connectivity index is 1.80. The van der Waals surface area contributed by atoms with E-state index in [-0.39, 0.29) is 11.4 Å². The van der Waals surface area contributed by atoms with E-state index in [0.717, 1.165) is 36.8 Å². The summed E-state index contributed by atoms with van der Waals surface area (Å²) in [6.45, 7) is 0.560. The summed E-state index contributed by atoms with van der Waals surface area (Å²) in [5, 5.41) is 3.19. The van der Waals surface area contributed by atoms with Gasteiger partial charge in [0.25, 0.3) is 5.91 Å². The highest BCUT2D eigenvalue weighted by molar-refractivity contribution is 5.96. The molecule has 5 nitrogen and oxygen atoms in total. The SMILES string of the molecule is COCC1(NC(=O)c2cccc(-c3cncnc3)c2)CCCC1. The van der Waals surface area contributed by atoms with Gasteiger partial charge in [0.2, 0.25) is 0 Å². The number of nitrogens with zero attached hydrogens (tertiary/aromatic N) is 2. The molecule has 1 saturated carbocycles. The van der Waals surface area contributed by atoms with Crippen LogP contribution in [0.4, 0.5) is 0 Å². The predicted molar refractivity (Wildman–Crippen MR) is 88.0 cm³/mol. The Morgan fingerprint density at radius 3 is 2.65 bits per heavy atom. The molecule has 120 valence electrons. The molecule has 23 heavy (non-hydrogen) atoms. The van der Waals surface area contributed by atoms with Gasteiger partial charge in [0, 0.05) is 30.6 Å². The number of ether oxygens (including phenoxy) is 1. The van der Waals surface area contributed by atoms with Gasteiger partial charge in [-0.3, -0.25) is 4.79 Å². The fourth-order valence-corrected chi connectivity index (χ4v) is 3.23. The van der Waals surface area contributed by atoms with E-state index in [4.69, 9.17) is 4.74 Å². The van der Waals surface area contributed by atoms with Crippen LogP contribution < -0.4 is 5.32 Å². The van der Waals surface area contributed by atoms with Crippen LogP contribution in [0.2, 0.25) is 0 Å². The number of nitrogens with one attached hydrogen (secondary N) is 1. The van der Waals surface area contributed by atoms with Crippen LogP contribution in [-0.4, -0.2) is 35.1 Å². The van der Waals surface area contributed by atoms with Gasteiger partial charge in [0.1, 0.15) is 6.33 Å². The molecule has 3 rings (SSSR count). The normalized spacial score (nSPS) is 16.2. The molecule has 1 aromatic carbocycles. The van der Waals surface area contributed by atoms with E-state index in [9.17, 15) is 4.79 Å². The third-order valence-corrected chi connectivity index (χ3v) is 4.38. The minimum Gasteiger partial charge on any atom is -0.382 e. The molecular weight excluding hydrogens is 290 g/mol. The number of amides is 1. The van der Waals surface area contributed by atoms with E-state index in [1.807, 2.05) is 24.3 Å². The maximum Gasteiger partial charge on any atom is 0.251 e. The quantitative estimate of drug-likeness (QED) is 0.922. The van der Waals surface area contributed by atoms with Crippen molar-refractivity contribution in [3.8, 4) is 11.1 Å². The van der Waals surface area contributed by atoms with Crippen molar-refractivity contribution < 1.29 is 9.53 Å². The van der Waals surface area contributed by atoms with E-state index in [0.29, 0.717) is 12.2 Å². The van der Waals surface area contributed by atoms with Crippen molar-refractivity contribution >= 4 is 5.91 Å². The van der Waals surface area contributed by atoms with Crippen LogP contribution >= 0.6 is 0 Å². The van der Waals surface area contributed by atoms with Crippen LogP contribution in [0.1, 0.15) is 36.0 Å². The Hall–Kier alpha value is -2.27. The minimum absolute atomic E-state index is 0.0531. The first-order valence-electron chi connectivity index (χ1n) is 7.89. The van der Waals surface area contributed by atoms with Gasteiger partial charge < -0.3 is 10.1 Å². The first-order chi connectivity index (χ1) is 11.2. The molecular formula is C18H21N3O2. The van der Waals surface area contributed by atoms with Crippen molar-refractivity contribution in [2.75, 3.05) is 13.7 Å². The summed E-state index contributed by atoms with van der Waals surface area (Å²) in [6, 6.07) is 7.55. The number of benzene rings is 1. The van der Waals surface area contributed by atoms with Gasteiger partial charge >= 0.3 is 0 Å². The highest BCUT2D eigenvalue weighted by Crippen LogP contribution is 2.30. The summed E-state index contributed by atoms with van der Waals surface area (Å²) < 4.78 is 5.33. The van der Waals surface area contributed by atoms with Gasteiger partial charge in [-0.15, -0.1) is 0 Å². The van der Waals surface area contributed by atoms with Gasteiger partial charge in [-0.05, 0) is 30.5 Å². The average molecular weight is 311 g/mol. The standard InChI is InChI=1S/C18H21N3O2/c1-23-12-18(7-2-3-8-18)21-17(22)15-6-4-5-14(9-15)16-10-19-13-20-11-16/h4-6,9-11,13H,2-3,7-8,12H2,1H3,(H,21,22). The predicted octanol–water partition coefficient (Wildman–Crippen LogP) is 2.83. The summed E-state index contributed by atoms with van der Waals surface area (Å²) in [6.07, 6.45) is 9.18. The van der Waals surface area contributed by atoms with E-state index in [2.05, 4.69) is 15.3 Å². The van der Waals surface area contributed by atoms with Crippen molar-refractivity contribution in [1.82, 2.24) is 15.3 Å². The molecule has 2 aromatic rings. The molecule has 0 spiro atoms. The largest absolute Gasteiger partial charge is 0.382 e. The summed E-state index contributed by atoms with van der Waals surface area (Å²) in [5.41, 5.74) is 2.26. The molecule has 0 radical (unpaired) electrons. The van der Waals surface area contributed by atoms with E-state index in [1.54, 1.807) is 19.5 Å². The molecule has 1 aromatic heterocycles. The van der Waals surface area contributed by atoms with Crippen LogP contribution in [0.25, 0.3) is 11.1 Å². The number of hydrogen-bond donors (Lipinski definition) is 1. The van der Waals surface area contributed by atoms with Crippen LogP contribution in [0.15, 0.2) is 43.0 Å². The lowest BCUT2D eigenvalue weighted by atomic mass is 9.97. The van der Waals surface area contributed by atoms with Gasteiger partial charge in [-0.1, -0.05) is 25.0 Å². The molecule has 1 aliphatic rings. The Morgan fingerprint density at radius 1 is 1.22 bits per heavy atom. The maximum absolute atomic E-state index is 12.7. The number of methoxy groups -OCH3 is 1. The first kappa shape index (κ1) is 15.6. The third-order valence-electron chi connectivity index (χ3n) is 4.38. The summed E-state index contributed by atoms with van der Waals surface area (Å²) in [7, 11) is 1.68. The van der Waals surface area contributed by atoms with Gasteiger partial charge in [-0.25, -0.2) is 9.97 Å². The molecule has 5 heteroatoms. The third kappa shape index (κ3) is 3.56. The van der Waals surface area contributed by atoms with Crippen molar-refractivity contribution in [3.63, 3.8) is 0 Å². The smallest absolute Gasteiger partial charge is 0.251 e. The summed E-state index contributed by atoms with van der Waals surface area (Å²) in [4.78, 5) is 20.7. The number of aromatic nitrogens is 2. The van der Waals surface area contributed by atoms with Crippen molar-refractivity contribution in [2.45, 2.75) is 31.2 Å². The first-order valence-corrected chi connectivity index (χ1v) is 7.89. The molecule has 0 unspecified atom stereocenters. The molecule has 1 N–H and O–H groups in total. The number of carbonyl (C=O) groups is 1. The highest BCUT2D eigenvalue weighted by Gasteiger charge is 2.35.